The van der Waals surface area contributed by atoms with E-state index >= 15 is 0 Å². The standard InChI is InChI=1S/C14H17BrN4/c1-8(2)12-7-18-13(15)5-10(12)4-11-6-17-9(3)19-14(11)16/h5-8H,4H2,1-3H3,(H2,16,17,19). The van der Waals surface area contributed by atoms with E-state index in [-0.39, 0.29) is 0 Å². The Labute approximate surface area is 121 Å². The number of halogens is 1. The number of nitrogen functional groups attached to an aromatic ring is 1. The van der Waals surface area contributed by atoms with Gasteiger partial charge in [-0.3, -0.25) is 0 Å². The molecule has 0 amide bonds. The van der Waals surface area contributed by atoms with E-state index in [9.17, 15) is 0 Å². The van der Waals surface area contributed by atoms with Crippen molar-refractivity contribution in [2.45, 2.75) is 33.1 Å². The Kier molecular flexibility index (Phi) is 4.14. The zero-order chi connectivity index (χ0) is 14.0. The third-order valence-electron chi connectivity index (χ3n) is 3.01. The van der Waals surface area contributed by atoms with Crippen molar-refractivity contribution < 1.29 is 0 Å². The maximum atomic E-state index is 5.96. The average Bonchev–Trinajstić information content (AvgIpc) is 2.32. The molecule has 0 atom stereocenters. The summed E-state index contributed by atoms with van der Waals surface area (Å²) in [5.74, 6) is 1.67. The molecule has 0 aromatic carbocycles. The van der Waals surface area contributed by atoms with Crippen molar-refractivity contribution >= 4 is 21.7 Å². The first-order valence-corrected chi connectivity index (χ1v) is 6.99. The number of rotatable bonds is 3. The maximum Gasteiger partial charge on any atom is 0.130 e. The fourth-order valence-electron chi connectivity index (χ4n) is 2.01. The first-order valence-electron chi connectivity index (χ1n) is 6.19. The van der Waals surface area contributed by atoms with E-state index in [0.29, 0.717) is 17.6 Å². The predicted molar refractivity (Wildman–Crippen MR) is 80.0 cm³/mol. The van der Waals surface area contributed by atoms with Crippen LogP contribution in [0, 0.1) is 6.92 Å². The van der Waals surface area contributed by atoms with Crippen LogP contribution in [0.4, 0.5) is 5.82 Å². The smallest absolute Gasteiger partial charge is 0.130 e. The molecule has 0 bridgehead atoms. The molecule has 2 heterocycles. The van der Waals surface area contributed by atoms with Crippen molar-refractivity contribution in [1.82, 2.24) is 15.0 Å². The van der Waals surface area contributed by atoms with Crippen LogP contribution in [0.5, 0.6) is 0 Å². The van der Waals surface area contributed by atoms with E-state index in [1.165, 1.54) is 11.1 Å². The normalized spacial score (nSPS) is 11.0. The summed E-state index contributed by atoms with van der Waals surface area (Å²) in [5.41, 5.74) is 9.33. The lowest BCUT2D eigenvalue weighted by atomic mass is 9.95. The van der Waals surface area contributed by atoms with Gasteiger partial charge in [0.1, 0.15) is 16.2 Å². The topological polar surface area (TPSA) is 64.7 Å². The molecule has 2 N–H and O–H groups in total. The number of aryl methyl sites for hydroxylation is 1. The molecule has 0 spiro atoms. The Morgan fingerprint density at radius 2 is 1.95 bits per heavy atom. The Bertz CT molecular complexity index is 596. The van der Waals surface area contributed by atoms with E-state index < -0.39 is 0 Å². The Morgan fingerprint density at radius 1 is 1.21 bits per heavy atom. The number of anilines is 1. The summed E-state index contributed by atoms with van der Waals surface area (Å²) >= 11 is 3.42. The Balaban J connectivity index is 2.39. The summed E-state index contributed by atoms with van der Waals surface area (Å²) in [6, 6.07) is 2.04. The quantitative estimate of drug-likeness (QED) is 0.882. The molecule has 0 aliphatic carbocycles. The molecular weight excluding hydrogens is 304 g/mol. The number of nitrogens with zero attached hydrogens (tertiary/aromatic N) is 3. The van der Waals surface area contributed by atoms with Gasteiger partial charge >= 0.3 is 0 Å². The van der Waals surface area contributed by atoms with Crippen LogP contribution in [0.2, 0.25) is 0 Å². The fourth-order valence-corrected chi connectivity index (χ4v) is 2.38. The van der Waals surface area contributed by atoms with Crippen molar-refractivity contribution in [2.24, 2.45) is 0 Å². The van der Waals surface area contributed by atoms with Crippen LogP contribution < -0.4 is 5.73 Å². The molecule has 0 aliphatic heterocycles. The van der Waals surface area contributed by atoms with Gasteiger partial charge in [0.05, 0.1) is 0 Å². The van der Waals surface area contributed by atoms with Crippen LogP contribution in [0.15, 0.2) is 23.1 Å². The van der Waals surface area contributed by atoms with Crippen molar-refractivity contribution in [3.63, 3.8) is 0 Å². The highest BCUT2D eigenvalue weighted by Gasteiger charge is 2.11. The molecule has 2 rings (SSSR count). The monoisotopic (exact) mass is 320 g/mol. The van der Waals surface area contributed by atoms with Crippen molar-refractivity contribution in [3.05, 3.63) is 45.6 Å². The second-order valence-electron chi connectivity index (χ2n) is 4.87. The van der Waals surface area contributed by atoms with Crippen molar-refractivity contribution in [1.29, 1.82) is 0 Å². The molecule has 0 saturated heterocycles. The number of nitrogens with two attached hydrogens (primary N) is 1. The summed E-state index contributed by atoms with van der Waals surface area (Å²) in [6.45, 7) is 6.15. The number of pyridine rings is 1. The predicted octanol–water partition coefficient (Wildman–Crippen LogP) is 3.24. The van der Waals surface area contributed by atoms with Gasteiger partial charge in [0, 0.05) is 24.4 Å². The minimum atomic E-state index is 0.420. The van der Waals surface area contributed by atoms with E-state index in [1.54, 1.807) is 6.20 Å². The second-order valence-corrected chi connectivity index (χ2v) is 5.68. The van der Waals surface area contributed by atoms with E-state index in [1.807, 2.05) is 19.2 Å². The van der Waals surface area contributed by atoms with Gasteiger partial charge in [0.25, 0.3) is 0 Å². The number of hydrogen-bond acceptors (Lipinski definition) is 4. The molecule has 5 heteroatoms. The van der Waals surface area contributed by atoms with E-state index in [2.05, 4.69) is 44.7 Å². The molecule has 100 valence electrons. The summed E-state index contributed by atoms with van der Waals surface area (Å²) in [6.07, 6.45) is 4.44. The fraction of sp³-hybridized carbons (Fsp3) is 0.357. The lowest BCUT2D eigenvalue weighted by molar-refractivity contribution is 0.835. The highest BCUT2D eigenvalue weighted by Crippen LogP contribution is 2.24. The van der Waals surface area contributed by atoms with Crippen LogP contribution >= 0.6 is 15.9 Å². The third-order valence-corrected chi connectivity index (χ3v) is 3.45. The van der Waals surface area contributed by atoms with Gasteiger partial charge in [-0.1, -0.05) is 13.8 Å². The minimum Gasteiger partial charge on any atom is -0.383 e. The van der Waals surface area contributed by atoms with Crippen LogP contribution in [0.3, 0.4) is 0 Å². The lowest BCUT2D eigenvalue weighted by Gasteiger charge is -2.13. The Hall–Kier alpha value is -1.49. The zero-order valence-corrected chi connectivity index (χ0v) is 12.9. The van der Waals surface area contributed by atoms with Crippen LogP contribution in [-0.2, 0) is 6.42 Å². The molecule has 0 radical (unpaired) electrons. The van der Waals surface area contributed by atoms with Gasteiger partial charge in [-0.15, -0.1) is 0 Å². The summed E-state index contributed by atoms with van der Waals surface area (Å²) in [5, 5.41) is 0. The average molecular weight is 321 g/mol. The first-order chi connectivity index (χ1) is 8.97. The first kappa shape index (κ1) is 13.9. The molecule has 0 fully saturated rings. The molecule has 0 saturated carbocycles. The van der Waals surface area contributed by atoms with Gasteiger partial charge in [-0.25, -0.2) is 15.0 Å². The van der Waals surface area contributed by atoms with E-state index in [4.69, 9.17) is 5.73 Å². The largest absolute Gasteiger partial charge is 0.383 e. The molecule has 19 heavy (non-hydrogen) atoms. The SMILES string of the molecule is Cc1ncc(Cc2cc(Br)ncc2C(C)C)c(N)n1. The van der Waals surface area contributed by atoms with Crippen LogP contribution in [0.25, 0.3) is 0 Å². The van der Waals surface area contributed by atoms with Gasteiger partial charge in [-0.05, 0) is 46.0 Å². The summed E-state index contributed by atoms with van der Waals surface area (Å²) < 4.78 is 0.832. The zero-order valence-electron chi connectivity index (χ0n) is 11.3. The lowest BCUT2D eigenvalue weighted by Crippen LogP contribution is -2.05. The van der Waals surface area contributed by atoms with Gasteiger partial charge < -0.3 is 5.73 Å². The van der Waals surface area contributed by atoms with Crippen LogP contribution in [-0.4, -0.2) is 15.0 Å². The molecule has 2 aromatic heterocycles. The second kappa shape index (κ2) is 5.65. The van der Waals surface area contributed by atoms with Gasteiger partial charge in [0.2, 0.25) is 0 Å². The summed E-state index contributed by atoms with van der Waals surface area (Å²) in [4.78, 5) is 12.7. The maximum absolute atomic E-state index is 5.96. The van der Waals surface area contributed by atoms with Crippen molar-refractivity contribution in [3.8, 4) is 0 Å². The van der Waals surface area contributed by atoms with Gasteiger partial charge in [-0.2, -0.15) is 0 Å². The van der Waals surface area contributed by atoms with E-state index in [0.717, 1.165) is 16.6 Å². The Morgan fingerprint density at radius 3 is 2.58 bits per heavy atom. The highest BCUT2D eigenvalue weighted by atomic mass is 79.9. The molecule has 2 aromatic rings. The van der Waals surface area contributed by atoms with Crippen LogP contribution in [0.1, 0.15) is 42.3 Å². The molecule has 4 nitrogen and oxygen atoms in total. The molecule has 0 unspecified atom stereocenters. The molecular formula is C14H17BrN4. The third kappa shape index (κ3) is 3.29. The minimum absolute atomic E-state index is 0.420. The molecule has 0 aliphatic rings. The van der Waals surface area contributed by atoms with Gasteiger partial charge in [0.15, 0.2) is 0 Å². The number of hydrogen-bond donors (Lipinski definition) is 1. The number of aromatic nitrogens is 3. The summed E-state index contributed by atoms with van der Waals surface area (Å²) in [7, 11) is 0. The van der Waals surface area contributed by atoms with Crippen molar-refractivity contribution in [2.75, 3.05) is 5.73 Å². The highest BCUT2D eigenvalue weighted by molar-refractivity contribution is 9.10.